The number of phenolic OH excluding ortho intramolecular Hbond substituents is 1. The molecule has 0 radical (unpaired) electrons. The van der Waals surface area contributed by atoms with Crippen molar-refractivity contribution in [3.63, 3.8) is 0 Å². The number of phenols is 1. The van der Waals surface area contributed by atoms with Crippen molar-refractivity contribution >= 4 is 5.97 Å². The van der Waals surface area contributed by atoms with E-state index in [-0.39, 0.29) is 12.2 Å². The van der Waals surface area contributed by atoms with Crippen molar-refractivity contribution in [1.29, 1.82) is 0 Å². The quantitative estimate of drug-likeness (QED) is 0.228. The van der Waals surface area contributed by atoms with Gasteiger partial charge in [0.15, 0.2) is 0 Å². The Hall–Kier alpha value is -2.07. The van der Waals surface area contributed by atoms with Crippen LogP contribution in [0.5, 0.6) is 5.75 Å². The SMILES string of the molecule is CCCCCC(O)C=CC(=CCCCCCCCC(=O)O)Cc1cccc(O)c1. The lowest BCUT2D eigenvalue weighted by atomic mass is 10.0. The molecule has 1 aromatic carbocycles. The molecule has 1 rings (SSSR count). The number of rotatable bonds is 16. The smallest absolute Gasteiger partial charge is 0.303 e. The Morgan fingerprint density at radius 3 is 2.55 bits per heavy atom. The van der Waals surface area contributed by atoms with E-state index in [1.807, 2.05) is 24.3 Å². The van der Waals surface area contributed by atoms with Crippen LogP contribution in [-0.4, -0.2) is 27.4 Å². The highest BCUT2D eigenvalue weighted by atomic mass is 16.4. The number of carboxylic acids is 1. The van der Waals surface area contributed by atoms with E-state index < -0.39 is 12.1 Å². The predicted molar refractivity (Wildman–Crippen MR) is 119 cm³/mol. The summed E-state index contributed by atoms with van der Waals surface area (Å²) in [6.45, 7) is 2.16. The molecule has 0 aliphatic heterocycles. The van der Waals surface area contributed by atoms with Crippen LogP contribution in [0.15, 0.2) is 48.1 Å². The van der Waals surface area contributed by atoms with Crippen molar-refractivity contribution in [1.82, 2.24) is 0 Å². The van der Waals surface area contributed by atoms with Crippen LogP contribution in [0, 0.1) is 0 Å². The Morgan fingerprint density at radius 1 is 1.07 bits per heavy atom. The third-order valence-electron chi connectivity index (χ3n) is 4.96. The third kappa shape index (κ3) is 13.7. The monoisotopic (exact) mass is 402 g/mol. The summed E-state index contributed by atoms with van der Waals surface area (Å²) in [5.41, 5.74) is 2.20. The number of hydrogen-bond donors (Lipinski definition) is 3. The van der Waals surface area contributed by atoms with Crippen LogP contribution in [-0.2, 0) is 11.2 Å². The molecule has 1 atom stereocenters. The molecule has 0 saturated heterocycles. The van der Waals surface area contributed by atoms with Crippen LogP contribution in [0.1, 0.15) is 83.1 Å². The highest BCUT2D eigenvalue weighted by molar-refractivity contribution is 5.66. The first-order valence-corrected chi connectivity index (χ1v) is 11.1. The summed E-state index contributed by atoms with van der Waals surface area (Å²) in [7, 11) is 0. The lowest BCUT2D eigenvalue weighted by molar-refractivity contribution is -0.137. The number of aliphatic hydroxyl groups excluding tert-OH is 1. The minimum Gasteiger partial charge on any atom is -0.508 e. The Kier molecular flexibility index (Phi) is 13.6. The van der Waals surface area contributed by atoms with E-state index >= 15 is 0 Å². The molecule has 3 N–H and O–H groups in total. The molecule has 0 aromatic heterocycles. The molecule has 0 aliphatic carbocycles. The summed E-state index contributed by atoms with van der Waals surface area (Å²) in [5, 5.41) is 28.5. The van der Waals surface area contributed by atoms with Crippen LogP contribution in [0.2, 0.25) is 0 Å². The van der Waals surface area contributed by atoms with Gasteiger partial charge in [-0.05, 0) is 55.4 Å². The molecule has 0 bridgehead atoms. The van der Waals surface area contributed by atoms with Crippen molar-refractivity contribution in [2.24, 2.45) is 0 Å². The number of aliphatic hydroxyl groups is 1. The van der Waals surface area contributed by atoms with Gasteiger partial charge in [0, 0.05) is 6.42 Å². The molecule has 0 saturated carbocycles. The Balaban J connectivity index is 2.52. The van der Waals surface area contributed by atoms with Gasteiger partial charge in [-0.2, -0.15) is 0 Å². The van der Waals surface area contributed by atoms with Crippen LogP contribution in [0.3, 0.4) is 0 Å². The number of carbonyl (C=O) groups is 1. The number of carboxylic acid groups (broad SMARTS) is 1. The third-order valence-corrected chi connectivity index (χ3v) is 4.96. The number of hydrogen-bond acceptors (Lipinski definition) is 3. The van der Waals surface area contributed by atoms with Crippen molar-refractivity contribution in [2.45, 2.75) is 90.1 Å². The summed E-state index contributed by atoms with van der Waals surface area (Å²) in [4.78, 5) is 10.5. The molecule has 0 fully saturated rings. The van der Waals surface area contributed by atoms with Crippen LogP contribution >= 0.6 is 0 Å². The second kappa shape index (κ2) is 15.8. The fraction of sp³-hybridized carbons (Fsp3) is 0.560. The molecule has 0 heterocycles. The molecule has 1 unspecified atom stereocenters. The average molecular weight is 403 g/mol. The van der Waals surface area contributed by atoms with Gasteiger partial charge in [0.05, 0.1) is 6.10 Å². The average Bonchev–Trinajstić information content (AvgIpc) is 2.68. The van der Waals surface area contributed by atoms with Gasteiger partial charge in [-0.25, -0.2) is 0 Å². The molecule has 0 aliphatic rings. The number of allylic oxidation sites excluding steroid dienone is 3. The first-order chi connectivity index (χ1) is 14.0. The number of benzene rings is 1. The van der Waals surface area contributed by atoms with E-state index in [1.54, 1.807) is 12.1 Å². The van der Waals surface area contributed by atoms with Gasteiger partial charge in [0.1, 0.15) is 5.75 Å². The lowest BCUT2D eigenvalue weighted by Gasteiger charge is -2.08. The molecular weight excluding hydrogens is 364 g/mol. The number of unbranched alkanes of at least 4 members (excludes halogenated alkanes) is 7. The standard InChI is InChI=1S/C25H38O4/c1-2-3-8-14-23(26)18-17-21(19-22-13-11-15-24(27)20-22)12-9-6-4-5-7-10-16-25(28)29/h11-13,15,17-18,20,23,26-27H,2-10,14,16,19H2,1H3,(H,28,29). The lowest BCUT2D eigenvalue weighted by Crippen LogP contribution is -2.02. The van der Waals surface area contributed by atoms with Gasteiger partial charge >= 0.3 is 5.97 Å². The predicted octanol–water partition coefficient (Wildman–Crippen LogP) is 6.17. The van der Waals surface area contributed by atoms with Crippen LogP contribution in [0.4, 0.5) is 0 Å². The Morgan fingerprint density at radius 2 is 1.83 bits per heavy atom. The maximum atomic E-state index is 10.5. The van der Waals surface area contributed by atoms with Crippen molar-refractivity contribution in [2.75, 3.05) is 0 Å². The van der Waals surface area contributed by atoms with E-state index in [2.05, 4.69) is 13.0 Å². The molecule has 0 spiro atoms. The van der Waals surface area contributed by atoms with Crippen molar-refractivity contribution in [3.8, 4) is 5.75 Å². The normalized spacial score (nSPS) is 13.1. The summed E-state index contributed by atoms with van der Waals surface area (Å²) in [6.07, 6.45) is 16.7. The van der Waals surface area contributed by atoms with E-state index in [9.17, 15) is 15.0 Å². The highest BCUT2D eigenvalue weighted by Crippen LogP contribution is 2.17. The van der Waals surface area contributed by atoms with Crippen molar-refractivity contribution in [3.05, 3.63) is 53.6 Å². The molecule has 29 heavy (non-hydrogen) atoms. The fourth-order valence-corrected chi connectivity index (χ4v) is 3.27. The summed E-state index contributed by atoms with van der Waals surface area (Å²) in [6, 6.07) is 7.30. The first kappa shape index (κ1) is 25.0. The zero-order chi connectivity index (χ0) is 21.3. The summed E-state index contributed by atoms with van der Waals surface area (Å²) < 4.78 is 0. The largest absolute Gasteiger partial charge is 0.508 e. The van der Waals surface area contributed by atoms with Gasteiger partial charge in [-0.15, -0.1) is 0 Å². The molecular formula is C25H38O4. The second-order valence-electron chi connectivity index (χ2n) is 7.75. The zero-order valence-electron chi connectivity index (χ0n) is 17.9. The Bertz CT molecular complexity index is 633. The van der Waals surface area contributed by atoms with Crippen molar-refractivity contribution < 1.29 is 20.1 Å². The molecule has 4 heteroatoms. The topological polar surface area (TPSA) is 77.8 Å². The Labute approximate surface area is 176 Å². The minimum atomic E-state index is -0.715. The number of aliphatic carboxylic acids is 1. The molecule has 1 aromatic rings. The maximum absolute atomic E-state index is 10.5. The van der Waals surface area contributed by atoms with Gasteiger partial charge < -0.3 is 15.3 Å². The van der Waals surface area contributed by atoms with E-state index in [0.717, 1.165) is 81.8 Å². The molecule has 162 valence electrons. The number of aromatic hydroxyl groups is 1. The fourth-order valence-electron chi connectivity index (χ4n) is 3.27. The first-order valence-electron chi connectivity index (χ1n) is 11.1. The maximum Gasteiger partial charge on any atom is 0.303 e. The summed E-state index contributed by atoms with van der Waals surface area (Å²) >= 11 is 0. The van der Waals surface area contributed by atoms with E-state index in [1.165, 1.54) is 0 Å². The van der Waals surface area contributed by atoms with Gasteiger partial charge in [-0.3, -0.25) is 4.79 Å². The molecule has 4 nitrogen and oxygen atoms in total. The van der Waals surface area contributed by atoms with Crippen LogP contribution in [0.25, 0.3) is 0 Å². The second-order valence-corrected chi connectivity index (χ2v) is 7.75. The summed E-state index contributed by atoms with van der Waals surface area (Å²) in [5.74, 6) is -0.444. The highest BCUT2D eigenvalue weighted by Gasteiger charge is 2.02. The van der Waals surface area contributed by atoms with E-state index in [4.69, 9.17) is 5.11 Å². The minimum absolute atomic E-state index is 0.263. The van der Waals surface area contributed by atoms with Crippen LogP contribution < -0.4 is 0 Å². The van der Waals surface area contributed by atoms with E-state index in [0.29, 0.717) is 0 Å². The van der Waals surface area contributed by atoms with Gasteiger partial charge in [-0.1, -0.05) is 75.8 Å². The van der Waals surface area contributed by atoms with Gasteiger partial charge in [0.25, 0.3) is 0 Å². The molecule has 0 amide bonds. The zero-order valence-corrected chi connectivity index (χ0v) is 17.9. The van der Waals surface area contributed by atoms with Gasteiger partial charge in [0.2, 0.25) is 0 Å².